The third-order valence-corrected chi connectivity index (χ3v) is 3.62. The molecule has 2 aromatic rings. The summed E-state index contributed by atoms with van der Waals surface area (Å²) >= 11 is 0. The molecular formula is C14H16FN5O2. The van der Waals surface area contributed by atoms with Crippen LogP contribution in [0, 0.1) is 12.7 Å². The molecule has 0 unspecified atom stereocenters. The standard InChI is InChI=1S/C14H16FN5O2/c1-7-12(19-20(2)13(7)14(16)21)10-3-11(9(15)6-18-10)22-8-4-17-5-8/h3,6,8,17H,4-5H2,1-2H3,(H2,16,21). The van der Waals surface area contributed by atoms with Gasteiger partial charge in [0.15, 0.2) is 11.6 Å². The third kappa shape index (κ3) is 2.41. The van der Waals surface area contributed by atoms with Gasteiger partial charge in [0.25, 0.3) is 5.91 Å². The second kappa shape index (κ2) is 5.38. The molecule has 1 amide bonds. The molecule has 0 spiro atoms. The van der Waals surface area contributed by atoms with Crippen LogP contribution in [0.3, 0.4) is 0 Å². The van der Waals surface area contributed by atoms with Crippen molar-refractivity contribution in [3.05, 3.63) is 29.3 Å². The van der Waals surface area contributed by atoms with Crippen LogP contribution >= 0.6 is 0 Å². The zero-order chi connectivity index (χ0) is 15.9. The van der Waals surface area contributed by atoms with Crippen LogP contribution in [0.1, 0.15) is 16.1 Å². The van der Waals surface area contributed by atoms with Crippen molar-refractivity contribution in [1.29, 1.82) is 0 Å². The van der Waals surface area contributed by atoms with Gasteiger partial charge >= 0.3 is 0 Å². The summed E-state index contributed by atoms with van der Waals surface area (Å²) in [4.78, 5) is 15.5. The fourth-order valence-electron chi connectivity index (χ4n) is 2.38. The summed E-state index contributed by atoms with van der Waals surface area (Å²) in [5.74, 6) is -0.973. The molecule has 7 nitrogen and oxygen atoms in total. The molecule has 8 heteroatoms. The van der Waals surface area contributed by atoms with Crippen molar-refractivity contribution < 1.29 is 13.9 Å². The van der Waals surface area contributed by atoms with Gasteiger partial charge in [0.05, 0.1) is 11.9 Å². The Balaban J connectivity index is 1.99. The van der Waals surface area contributed by atoms with E-state index < -0.39 is 11.7 Å². The number of aryl methyl sites for hydroxylation is 1. The molecule has 0 aliphatic carbocycles. The Kier molecular flexibility index (Phi) is 3.53. The molecule has 1 aliphatic rings. The maximum Gasteiger partial charge on any atom is 0.267 e. The number of nitrogens with two attached hydrogens (primary N) is 1. The third-order valence-electron chi connectivity index (χ3n) is 3.62. The van der Waals surface area contributed by atoms with Crippen molar-refractivity contribution in [2.45, 2.75) is 13.0 Å². The number of carbonyl (C=O) groups excluding carboxylic acids is 1. The predicted octanol–water partition coefficient (Wildman–Crippen LogP) is 0.379. The first-order valence-electron chi connectivity index (χ1n) is 6.84. The number of nitrogens with one attached hydrogen (secondary N) is 1. The molecule has 2 aromatic heterocycles. The molecule has 3 N–H and O–H groups in total. The van der Waals surface area contributed by atoms with Crippen molar-refractivity contribution >= 4 is 5.91 Å². The Morgan fingerprint density at radius 3 is 2.82 bits per heavy atom. The van der Waals surface area contributed by atoms with E-state index in [9.17, 15) is 9.18 Å². The van der Waals surface area contributed by atoms with E-state index in [-0.39, 0.29) is 11.9 Å². The summed E-state index contributed by atoms with van der Waals surface area (Å²) in [6.45, 7) is 3.10. The second-order valence-corrected chi connectivity index (χ2v) is 5.21. The lowest BCUT2D eigenvalue weighted by molar-refractivity contribution is 0.0991. The maximum atomic E-state index is 13.8. The quantitative estimate of drug-likeness (QED) is 0.851. The first-order chi connectivity index (χ1) is 10.5. The van der Waals surface area contributed by atoms with E-state index in [4.69, 9.17) is 10.5 Å². The molecule has 1 fully saturated rings. The monoisotopic (exact) mass is 305 g/mol. The highest BCUT2D eigenvalue weighted by molar-refractivity contribution is 5.94. The minimum absolute atomic E-state index is 0.0456. The lowest BCUT2D eigenvalue weighted by atomic mass is 10.1. The number of hydrogen-bond donors (Lipinski definition) is 2. The van der Waals surface area contributed by atoms with E-state index in [1.54, 1.807) is 14.0 Å². The number of ether oxygens (including phenoxy) is 1. The summed E-state index contributed by atoms with van der Waals surface area (Å²) in [5, 5.41) is 7.30. The van der Waals surface area contributed by atoms with Crippen molar-refractivity contribution in [2.75, 3.05) is 13.1 Å². The van der Waals surface area contributed by atoms with Gasteiger partial charge in [-0.1, -0.05) is 0 Å². The molecule has 1 saturated heterocycles. The number of hydrogen-bond acceptors (Lipinski definition) is 5. The summed E-state index contributed by atoms with van der Waals surface area (Å²) < 4.78 is 20.8. The van der Waals surface area contributed by atoms with Gasteiger partial charge in [0.2, 0.25) is 0 Å². The molecule has 0 atom stereocenters. The van der Waals surface area contributed by atoms with E-state index in [1.807, 2.05) is 0 Å². The van der Waals surface area contributed by atoms with Gasteiger partial charge in [0, 0.05) is 31.8 Å². The van der Waals surface area contributed by atoms with Crippen LogP contribution < -0.4 is 15.8 Å². The summed E-state index contributed by atoms with van der Waals surface area (Å²) in [7, 11) is 1.62. The van der Waals surface area contributed by atoms with Crippen LogP contribution in [0.25, 0.3) is 11.4 Å². The molecule has 0 bridgehead atoms. The number of pyridine rings is 1. The maximum absolute atomic E-state index is 13.8. The number of halogens is 1. The lowest BCUT2D eigenvalue weighted by Gasteiger charge is -2.27. The van der Waals surface area contributed by atoms with Gasteiger partial charge in [-0.15, -0.1) is 0 Å². The average molecular weight is 305 g/mol. The minimum Gasteiger partial charge on any atom is -0.485 e. The number of primary amides is 1. The fraction of sp³-hybridized carbons (Fsp3) is 0.357. The Morgan fingerprint density at radius 1 is 1.55 bits per heavy atom. The van der Waals surface area contributed by atoms with Gasteiger partial charge in [0.1, 0.15) is 17.5 Å². The number of rotatable bonds is 4. The van der Waals surface area contributed by atoms with Crippen LogP contribution in [0.2, 0.25) is 0 Å². The highest BCUT2D eigenvalue weighted by Gasteiger charge is 2.23. The highest BCUT2D eigenvalue weighted by Crippen LogP contribution is 2.28. The van der Waals surface area contributed by atoms with Gasteiger partial charge < -0.3 is 15.8 Å². The molecule has 0 aromatic carbocycles. The van der Waals surface area contributed by atoms with Crippen molar-refractivity contribution in [3.8, 4) is 17.1 Å². The summed E-state index contributed by atoms with van der Waals surface area (Å²) in [6.07, 6.45) is 1.05. The van der Waals surface area contributed by atoms with Crippen LogP contribution in [0.15, 0.2) is 12.3 Å². The molecule has 116 valence electrons. The van der Waals surface area contributed by atoms with Crippen molar-refractivity contribution in [1.82, 2.24) is 20.1 Å². The van der Waals surface area contributed by atoms with Gasteiger partial charge in [-0.3, -0.25) is 14.5 Å². The SMILES string of the molecule is Cc1c(-c2cc(OC3CNC3)c(F)cn2)nn(C)c1C(N)=O. The van der Waals surface area contributed by atoms with Gasteiger partial charge in [-0.25, -0.2) is 4.39 Å². The normalized spacial score (nSPS) is 14.7. The summed E-state index contributed by atoms with van der Waals surface area (Å²) in [5.41, 5.74) is 7.15. The average Bonchev–Trinajstić information content (AvgIpc) is 2.71. The molecule has 3 rings (SSSR count). The summed E-state index contributed by atoms with van der Waals surface area (Å²) in [6, 6.07) is 1.49. The number of carbonyl (C=O) groups is 1. The number of amides is 1. The first kappa shape index (κ1) is 14.5. The molecule has 22 heavy (non-hydrogen) atoms. The van der Waals surface area contributed by atoms with Crippen LogP contribution in [-0.2, 0) is 7.05 Å². The molecule has 0 radical (unpaired) electrons. The van der Waals surface area contributed by atoms with Gasteiger partial charge in [-0.05, 0) is 6.92 Å². The minimum atomic E-state index is -0.571. The fourth-order valence-corrected chi connectivity index (χ4v) is 2.38. The first-order valence-corrected chi connectivity index (χ1v) is 6.84. The smallest absolute Gasteiger partial charge is 0.267 e. The predicted molar refractivity (Wildman–Crippen MR) is 76.9 cm³/mol. The van der Waals surface area contributed by atoms with E-state index in [2.05, 4.69) is 15.4 Å². The second-order valence-electron chi connectivity index (χ2n) is 5.21. The Labute approximate surface area is 126 Å². The number of aromatic nitrogens is 3. The Bertz CT molecular complexity index is 739. The Morgan fingerprint density at radius 2 is 2.27 bits per heavy atom. The largest absolute Gasteiger partial charge is 0.485 e. The van der Waals surface area contributed by atoms with Crippen molar-refractivity contribution in [3.63, 3.8) is 0 Å². The van der Waals surface area contributed by atoms with E-state index in [0.29, 0.717) is 35.7 Å². The van der Waals surface area contributed by atoms with Crippen LogP contribution in [0.5, 0.6) is 5.75 Å². The Hall–Kier alpha value is -2.48. The zero-order valence-electron chi connectivity index (χ0n) is 12.3. The number of nitrogens with zero attached hydrogens (tertiary/aromatic N) is 3. The molecule has 1 aliphatic heterocycles. The van der Waals surface area contributed by atoms with Crippen molar-refractivity contribution in [2.24, 2.45) is 12.8 Å². The zero-order valence-corrected chi connectivity index (χ0v) is 12.3. The van der Waals surface area contributed by atoms with Crippen LogP contribution in [0.4, 0.5) is 4.39 Å². The molecule has 3 heterocycles. The van der Waals surface area contributed by atoms with E-state index in [1.165, 1.54) is 10.7 Å². The van der Waals surface area contributed by atoms with E-state index >= 15 is 0 Å². The van der Waals surface area contributed by atoms with E-state index in [0.717, 1.165) is 6.20 Å². The molecular weight excluding hydrogens is 289 g/mol. The van der Waals surface area contributed by atoms with Gasteiger partial charge in [-0.2, -0.15) is 5.10 Å². The molecule has 0 saturated carbocycles. The van der Waals surface area contributed by atoms with Crippen LogP contribution in [-0.4, -0.2) is 39.9 Å². The highest BCUT2D eigenvalue weighted by atomic mass is 19.1. The topological polar surface area (TPSA) is 95.1 Å². The lowest BCUT2D eigenvalue weighted by Crippen LogP contribution is -2.50.